The average molecular weight is 268 g/mol. The second-order valence-electron chi connectivity index (χ2n) is 6.06. The molecule has 2 rings (SSSR count). The minimum atomic E-state index is 0.137. The molecular weight excluding hydrogens is 240 g/mol. The van der Waals surface area contributed by atoms with E-state index in [2.05, 4.69) is 17.1 Å². The number of carbonyl (C=O) groups excluding carboxylic acids is 1. The fourth-order valence-electron chi connectivity index (χ4n) is 2.69. The summed E-state index contributed by atoms with van der Waals surface area (Å²) in [7, 11) is 0. The van der Waals surface area contributed by atoms with Crippen molar-refractivity contribution in [1.82, 2.24) is 15.1 Å². The number of nitrogens with zero attached hydrogens (tertiary/aromatic N) is 2. The van der Waals surface area contributed by atoms with Crippen LogP contribution in [-0.4, -0.2) is 61.1 Å². The number of urea groups is 1. The van der Waals surface area contributed by atoms with Gasteiger partial charge in [-0.25, -0.2) is 4.79 Å². The van der Waals surface area contributed by atoms with Crippen LogP contribution in [0.1, 0.15) is 32.6 Å². The third kappa shape index (κ3) is 4.35. The van der Waals surface area contributed by atoms with Gasteiger partial charge in [0.25, 0.3) is 0 Å². The molecule has 0 aromatic rings. The predicted molar refractivity (Wildman–Crippen MR) is 77.0 cm³/mol. The van der Waals surface area contributed by atoms with Gasteiger partial charge in [0.15, 0.2) is 0 Å². The Labute approximate surface area is 116 Å². The van der Waals surface area contributed by atoms with Gasteiger partial charge in [0.1, 0.15) is 0 Å². The normalized spacial score (nSPS) is 23.6. The van der Waals surface area contributed by atoms with Crippen molar-refractivity contribution in [2.45, 2.75) is 38.6 Å². The molecule has 1 saturated carbocycles. The molecule has 1 aliphatic heterocycles. The van der Waals surface area contributed by atoms with Gasteiger partial charge in [0.05, 0.1) is 0 Å². The molecule has 0 bridgehead atoms. The Hall–Kier alpha value is -0.810. The van der Waals surface area contributed by atoms with Crippen LogP contribution >= 0.6 is 0 Å². The van der Waals surface area contributed by atoms with E-state index in [1.165, 1.54) is 6.42 Å². The van der Waals surface area contributed by atoms with Crippen LogP contribution in [0.4, 0.5) is 4.79 Å². The summed E-state index contributed by atoms with van der Waals surface area (Å²) in [6.07, 6.45) is 4.63. The monoisotopic (exact) mass is 268 g/mol. The summed E-state index contributed by atoms with van der Waals surface area (Å²) >= 11 is 0. The van der Waals surface area contributed by atoms with Crippen LogP contribution in [-0.2, 0) is 0 Å². The van der Waals surface area contributed by atoms with Crippen LogP contribution in [0.2, 0.25) is 0 Å². The van der Waals surface area contributed by atoms with E-state index in [9.17, 15) is 4.79 Å². The number of rotatable bonds is 4. The first-order valence-corrected chi connectivity index (χ1v) is 7.67. The summed E-state index contributed by atoms with van der Waals surface area (Å²) in [5.41, 5.74) is 5.68. The standard InChI is InChI=1S/C14H28N4O/c1-12(10-15)11-17-6-3-7-18(9-8-17)14(19)16-13-4-2-5-13/h12-13H,2-11,15H2,1H3,(H,16,19). The zero-order valence-corrected chi connectivity index (χ0v) is 12.1. The number of nitrogens with one attached hydrogen (secondary N) is 1. The summed E-state index contributed by atoms with van der Waals surface area (Å²) in [5.74, 6) is 0.537. The Kier molecular flexibility index (Phi) is 5.45. The zero-order chi connectivity index (χ0) is 13.7. The van der Waals surface area contributed by atoms with Gasteiger partial charge in [-0.3, -0.25) is 0 Å². The van der Waals surface area contributed by atoms with Gasteiger partial charge in [-0.1, -0.05) is 6.92 Å². The Morgan fingerprint density at radius 2 is 2.05 bits per heavy atom. The van der Waals surface area contributed by atoms with Gasteiger partial charge in [-0.05, 0) is 44.7 Å². The van der Waals surface area contributed by atoms with E-state index in [-0.39, 0.29) is 6.03 Å². The molecule has 3 N–H and O–H groups in total. The Morgan fingerprint density at radius 3 is 2.68 bits per heavy atom. The maximum absolute atomic E-state index is 12.1. The molecule has 5 nitrogen and oxygen atoms in total. The third-order valence-corrected chi connectivity index (χ3v) is 4.28. The van der Waals surface area contributed by atoms with Crippen LogP contribution in [0, 0.1) is 5.92 Å². The van der Waals surface area contributed by atoms with Crippen molar-refractivity contribution in [2.24, 2.45) is 11.7 Å². The molecule has 1 atom stereocenters. The van der Waals surface area contributed by atoms with Gasteiger partial charge in [-0.15, -0.1) is 0 Å². The number of hydrogen-bond donors (Lipinski definition) is 2. The predicted octanol–water partition coefficient (Wildman–Crippen LogP) is 0.851. The van der Waals surface area contributed by atoms with Crippen molar-refractivity contribution < 1.29 is 4.79 Å². The molecule has 1 saturated heterocycles. The van der Waals surface area contributed by atoms with Crippen molar-refractivity contribution in [1.29, 1.82) is 0 Å². The molecule has 0 aromatic heterocycles. The molecule has 19 heavy (non-hydrogen) atoms. The van der Waals surface area contributed by atoms with Crippen molar-refractivity contribution >= 4 is 6.03 Å². The maximum Gasteiger partial charge on any atom is 0.317 e. The Morgan fingerprint density at radius 1 is 1.26 bits per heavy atom. The van der Waals surface area contributed by atoms with E-state index < -0.39 is 0 Å². The molecule has 0 aromatic carbocycles. The van der Waals surface area contributed by atoms with Gasteiger partial charge in [0.2, 0.25) is 0 Å². The summed E-state index contributed by atoms with van der Waals surface area (Å²) in [6.45, 7) is 7.75. The van der Waals surface area contributed by atoms with Crippen LogP contribution < -0.4 is 11.1 Å². The van der Waals surface area contributed by atoms with Gasteiger partial charge in [0, 0.05) is 32.2 Å². The van der Waals surface area contributed by atoms with Crippen molar-refractivity contribution in [3.8, 4) is 0 Å². The molecule has 2 fully saturated rings. The van der Waals surface area contributed by atoms with E-state index in [0.29, 0.717) is 12.0 Å². The van der Waals surface area contributed by atoms with E-state index in [1.54, 1.807) is 0 Å². The summed E-state index contributed by atoms with van der Waals surface area (Å²) in [4.78, 5) is 16.5. The quantitative estimate of drug-likeness (QED) is 0.794. The third-order valence-electron chi connectivity index (χ3n) is 4.28. The largest absolute Gasteiger partial charge is 0.335 e. The number of amides is 2. The molecule has 0 spiro atoms. The van der Waals surface area contributed by atoms with Crippen LogP contribution in [0.5, 0.6) is 0 Å². The van der Waals surface area contributed by atoms with E-state index in [0.717, 1.165) is 58.5 Å². The fraction of sp³-hybridized carbons (Fsp3) is 0.929. The molecule has 1 heterocycles. The van der Waals surface area contributed by atoms with Crippen molar-refractivity contribution in [3.05, 3.63) is 0 Å². The van der Waals surface area contributed by atoms with Crippen molar-refractivity contribution in [3.63, 3.8) is 0 Å². The second kappa shape index (κ2) is 7.10. The molecule has 1 aliphatic carbocycles. The molecule has 2 amide bonds. The lowest BCUT2D eigenvalue weighted by molar-refractivity contribution is 0.185. The fourth-order valence-corrected chi connectivity index (χ4v) is 2.69. The molecule has 2 aliphatic rings. The number of carbonyl (C=O) groups is 1. The topological polar surface area (TPSA) is 61.6 Å². The summed E-state index contributed by atoms with van der Waals surface area (Å²) in [6, 6.07) is 0.572. The number of nitrogens with two attached hydrogens (primary N) is 1. The Bertz CT molecular complexity index is 293. The highest BCUT2D eigenvalue weighted by molar-refractivity contribution is 5.74. The molecular formula is C14H28N4O. The van der Waals surface area contributed by atoms with Gasteiger partial charge < -0.3 is 20.9 Å². The first kappa shape index (κ1) is 14.6. The molecule has 110 valence electrons. The highest BCUT2D eigenvalue weighted by Crippen LogP contribution is 2.18. The minimum Gasteiger partial charge on any atom is -0.335 e. The summed E-state index contributed by atoms with van der Waals surface area (Å²) in [5, 5.41) is 3.13. The highest BCUT2D eigenvalue weighted by Gasteiger charge is 2.24. The van der Waals surface area contributed by atoms with E-state index in [1.807, 2.05) is 4.90 Å². The van der Waals surface area contributed by atoms with Crippen molar-refractivity contribution in [2.75, 3.05) is 39.3 Å². The van der Waals surface area contributed by atoms with Crippen LogP contribution in [0.25, 0.3) is 0 Å². The summed E-state index contributed by atoms with van der Waals surface area (Å²) < 4.78 is 0. The molecule has 1 unspecified atom stereocenters. The minimum absolute atomic E-state index is 0.137. The average Bonchev–Trinajstić information content (AvgIpc) is 2.59. The van der Waals surface area contributed by atoms with Crippen LogP contribution in [0.3, 0.4) is 0 Å². The Balaban J connectivity index is 1.74. The lowest BCUT2D eigenvalue weighted by Gasteiger charge is -2.30. The first-order chi connectivity index (χ1) is 9.19. The lowest BCUT2D eigenvalue weighted by atomic mass is 9.93. The second-order valence-corrected chi connectivity index (χ2v) is 6.06. The molecule has 5 heteroatoms. The first-order valence-electron chi connectivity index (χ1n) is 7.67. The maximum atomic E-state index is 12.1. The lowest BCUT2D eigenvalue weighted by Crippen LogP contribution is -2.48. The molecule has 0 radical (unpaired) electrons. The van der Waals surface area contributed by atoms with E-state index in [4.69, 9.17) is 5.73 Å². The zero-order valence-electron chi connectivity index (χ0n) is 12.1. The SMILES string of the molecule is CC(CN)CN1CCCN(C(=O)NC2CCC2)CC1. The van der Waals surface area contributed by atoms with Gasteiger partial charge in [-0.2, -0.15) is 0 Å². The highest BCUT2D eigenvalue weighted by atomic mass is 16.2. The van der Waals surface area contributed by atoms with E-state index >= 15 is 0 Å². The number of hydrogen-bond acceptors (Lipinski definition) is 3. The van der Waals surface area contributed by atoms with Crippen LogP contribution in [0.15, 0.2) is 0 Å². The smallest absolute Gasteiger partial charge is 0.317 e. The van der Waals surface area contributed by atoms with Gasteiger partial charge >= 0.3 is 6.03 Å².